The van der Waals surface area contributed by atoms with Crippen LogP contribution in [-0.4, -0.2) is 7.05 Å². The van der Waals surface area contributed by atoms with Crippen molar-refractivity contribution in [2.24, 2.45) is 0 Å². The summed E-state index contributed by atoms with van der Waals surface area (Å²) in [6.45, 7) is 0.783. The molecule has 88 valence electrons. The lowest BCUT2D eigenvalue weighted by molar-refractivity contribution is 0.507. The fourth-order valence-corrected chi connectivity index (χ4v) is 2.53. The molecule has 0 saturated carbocycles. The van der Waals surface area contributed by atoms with Gasteiger partial charge in [-0.2, -0.15) is 0 Å². The minimum atomic E-state index is 0.783. The van der Waals surface area contributed by atoms with Crippen LogP contribution >= 0.6 is 0 Å². The first-order valence-corrected chi connectivity index (χ1v) is 6.22. The summed E-state index contributed by atoms with van der Waals surface area (Å²) in [5.41, 5.74) is 4.21. The molecule has 3 rings (SSSR count). The molecule has 0 saturated heterocycles. The highest BCUT2D eigenvalue weighted by molar-refractivity contribution is 5.60. The van der Waals surface area contributed by atoms with Crippen LogP contribution < -0.4 is 5.32 Å². The summed E-state index contributed by atoms with van der Waals surface area (Å²) in [5.74, 6) is 1.97. The number of benzene rings is 1. The molecule has 0 atom stereocenters. The lowest BCUT2D eigenvalue weighted by Gasteiger charge is -2.02. The second-order valence-electron chi connectivity index (χ2n) is 4.63. The van der Waals surface area contributed by atoms with Crippen molar-refractivity contribution in [3.63, 3.8) is 0 Å². The minimum Gasteiger partial charge on any atom is -0.460 e. The van der Waals surface area contributed by atoms with Crippen LogP contribution in [0.1, 0.15) is 23.3 Å². The molecular weight excluding hydrogens is 210 g/mol. The van der Waals surface area contributed by atoms with E-state index in [-0.39, 0.29) is 0 Å². The highest BCUT2D eigenvalue weighted by Crippen LogP contribution is 2.29. The number of rotatable bonds is 3. The average Bonchev–Trinajstić information content (AvgIpc) is 2.96. The zero-order valence-electron chi connectivity index (χ0n) is 10.1. The largest absolute Gasteiger partial charge is 0.460 e. The first-order valence-electron chi connectivity index (χ1n) is 6.22. The topological polar surface area (TPSA) is 25.2 Å². The quantitative estimate of drug-likeness (QED) is 0.871. The van der Waals surface area contributed by atoms with Crippen LogP contribution in [0.2, 0.25) is 0 Å². The van der Waals surface area contributed by atoms with Crippen molar-refractivity contribution in [1.29, 1.82) is 0 Å². The fraction of sp³-hybridized carbons (Fsp3) is 0.333. The summed E-state index contributed by atoms with van der Waals surface area (Å²) < 4.78 is 5.81. The maximum absolute atomic E-state index is 5.81. The summed E-state index contributed by atoms with van der Waals surface area (Å²) in [4.78, 5) is 0. The van der Waals surface area contributed by atoms with Gasteiger partial charge in [-0.3, -0.25) is 0 Å². The van der Waals surface area contributed by atoms with E-state index in [4.69, 9.17) is 4.42 Å². The average molecular weight is 227 g/mol. The van der Waals surface area contributed by atoms with Crippen molar-refractivity contribution in [2.75, 3.05) is 7.05 Å². The van der Waals surface area contributed by atoms with E-state index in [0.717, 1.165) is 18.1 Å². The number of aryl methyl sites for hydroxylation is 2. The van der Waals surface area contributed by atoms with Crippen LogP contribution in [0, 0.1) is 0 Å². The number of hydrogen-bond donors (Lipinski definition) is 1. The van der Waals surface area contributed by atoms with E-state index in [1.807, 2.05) is 13.1 Å². The smallest absolute Gasteiger partial charge is 0.134 e. The summed E-state index contributed by atoms with van der Waals surface area (Å²) in [6.07, 6.45) is 3.74. The number of fused-ring (bicyclic) bond motifs is 1. The second kappa shape index (κ2) is 4.38. The van der Waals surface area contributed by atoms with Crippen LogP contribution in [0.3, 0.4) is 0 Å². The Bertz CT molecular complexity index is 527. The first kappa shape index (κ1) is 10.6. The molecule has 0 fully saturated rings. The van der Waals surface area contributed by atoms with Crippen LogP contribution in [0.25, 0.3) is 11.3 Å². The van der Waals surface area contributed by atoms with E-state index in [9.17, 15) is 0 Å². The number of nitrogens with one attached hydrogen (secondary N) is 1. The van der Waals surface area contributed by atoms with Crippen molar-refractivity contribution in [1.82, 2.24) is 5.32 Å². The van der Waals surface area contributed by atoms with E-state index >= 15 is 0 Å². The molecule has 0 bridgehead atoms. The van der Waals surface area contributed by atoms with Gasteiger partial charge in [-0.1, -0.05) is 12.1 Å². The van der Waals surface area contributed by atoms with Gasteiger partial charge in [0.15, 0.2) is 0 Å². The third-order valence-electron chi connectivity index (χ3n) is 3.40. The van der Waals surface area contributed by atoms with Gasteiger partial charge in [-0.25, -0.2) is 0 Å². The van der Waals surface area contributed by atoms with Gasteiger partial charge in [0.1, 0.15) is 11.5 Å². The molecule has 0 unspecified atom stereocenters. The Morgan fingerprint density at radius 1 is 1.12 bits per heavy atom. The van der Waals surface area contributed by atoms with Gasteiger partial charge >= 0.3 is 0 Å². The lowest BCUT2D eigenvalue weighted by atomic mass is 10.1. The summed E-state index contributed by atoms with van der Waals surface area (Å²) in [6, 6.07) is 10.8. The van der Waals surface area contributed by atoms with Gasteiger partial charge in [0.25, 0.3) is 0 Å². The molecule has 17 heavy (non-hydrogen) atoms. The molecule has 1 aromatic carbocycles. The van der Waals surface area contributed by atoms with E-state index < -0.39 is 0 Å². The SMILES string of the molecule is CNCc1ccc(-c2ccc3c(c2)CCC3)o1. The Morgan fingerprint density at radius 2 is 2.00 bits per heavy atom. The maximum Gasteiger partial charge on any atom is 0.134 e. The highest BCUT2D eigenvalue weighted by Gasteiger charge is 2.12. The minimum absolute atomic E-state index is 0.783. The molecular formula is C15H17NO. The molecule has 1 aliphatic carbocycles. The van der Waals surface area contributed by atoms with Gasteiger partial charge in [0.05, 0.1) is 6.54 Å². The van der Waals surface area contributed by atoms with Gasteiger partial charge in [0.2, 0.25) is 0 Å². The number of hydrogen-bond acceptors (Lipinski definition) is 2. The molecule has 1 aliphatic rings. The van der Waals surface area contributed by atoms with Gasteiger partial charge < -0.3 is 9.73 Å². The summed E-state index contributed by atoms with van der Waals surface area (Å²) in [5, 5.41) is 3.10. The second-order valence-corrected chi connectivity index (χ2v) is 4.63. The maximum atomic E-state index is 5.81. The van der Waals surface area contributed by atoms with Gasteiger partial charge in [0, 0.05) is 5.56 Å². The molecule has 2 heteroatoms. The van der Waals surface area contributed by atoms with Crippen LogP contribution in [0.4, 0.5) is 0 Å². The predicted octanol–water partition coefficient (Wildman–Crippen LogP) is 3.15. The van der Waals surface area contributed by atoms with Crippen molar-refractivity contribution >= 4 is 0 Å². The van der Waals surface area contributed by atoms with Crippen molar-refractivity contribution in [3.8, 4) is 11.3 Å². The fourth-order valence-electron chi connectivity index (χ4n) is 2.53. The third-order valence-corrected chi connectivity index (χ3v) is 3.40. The zero-order chi connectivity index (χ0) is 11.7. The molecule has 2 aromatic rings. The monoisotopic (exact) mass is 227 g/mol. The van der Waals surface area contributed by atoms with E-state index in [2.05, 4.69) is 29.6 Å². The van der Waals surface area contributed by atoms with Crippen LogP contribution in [0.5, 0.6) is 0 Å². The Hall–Kier alpha value is -1.54. The molecule has 2 nitrogen and oxygen atoms in total. The van der Waals surface area contributed by atoms with Crippen molar-refractivity contribution in [3.05, 3.63) is 47.2 Å². The van der Waals surface area contributed by atoms with Crippen LogP contribution in [0.15, 0.2) is 34.7 Å². The van der Waals surface area contributed by atoms with E-state index in [1.165, 1.54) is 36.0 Å². The highest BCUT2D eigenvalue weighted by atomic mass is 16.3. The Labute approximate surface area is 102 Å². The molecule has 1 heterocycles. The summed E-state index contributed by atoms with van der Waals surface area (Å²) in [7, 11) is 1.93. The molecule has 0 amide bonds. The molecule has 0 spiro atoms. The standard InChI is InChI=1S/C15H17NO/c1-16-10-14-7-8-15(17-14)13-6-5-11-3-2-4-12(11)9-13/h5-9,16H,2-4,10H2,1H3. The molecule has 0 aliphatic heterocycles. The zero-order valence-corrected chi connectivity index (χ0v) is 10.1. The Kier molecular flexibility index (Phi) is 2.73. The van der Waals surface area contributed by atoms with Gasteiger partial charge in [-0.15, -0.1) is 0 Å². The molecule has 1 N–H and O–H groups in total. The molecule has 0 radical (unpaired) electrons. The van der Waals surface area contributed by atoms with Crippen LogP contribution in [-0.2, 0) is 19.4 Å². The first-order chi connectivity index (χ1) is 8.36. The van der Waals surface area contributed by atoms with Crippen molar-refractivity contribution in [2.45, 2.75) is 25.8 Å². The Morgan fingerprint density at radius 3 is 2.88 bits per heavy atom. The third kappa shape index (κ3) is 2.01. The van der Waals surface area contributed by atoms with Gasteiger partial charge in [-0.05, 0) is 55.6 Å². The van der Waals surface area contributed by atoms with Crippen molar-refractivity contribution < 1.29 is 4.42 Å². The Balaban J connectivity index is 1.92. The predicted molar refractivity (Wildman–Crippen MR) is 68.9 cm³/mol. The normalized spacial score (nSPS) is 13.9. The lowest BCUT2D eigenvalue weighted by Crippen LogP contribution is -2.03. The number of furan rings is 1. The van der Waals surface area contributed by atoms with E-state index in [0.29, 0.717) is 0 Å². The molecule has 1 aromatic heterocycles. The van der Waals surface area contributed by atoms with E-state index in [1.54, 1.807) is 0 Å². The summed E-state index contributed by atoms with van der Waals surface area (Å²) >= 11 is 0.